The Morgan fingerprint density at radius 1 is 1.00 bits per heavy atom. The van der Waals surface area contributed by atoms with Gasteiger partial charge in [0.15, 0.2) is 17.7 Å². The van der Waals surface area contributed by atoms with Crippen LogP contribution in [-0.2, 0) is 0 Å². The third kappa shape index (κ3) is 2.61. The Labute approximate surface area is 156 Å². The molecule has 6 heteroatoms. The molecule has 1 atom stereocenters. The van der Waals surface area contributed by atoms with Crippen molar-refractivity contribution in [1.29, 1.82) is 0 Å². The number of carbonyl (C=O) groups excluding carboxylic acids is 1. The second-order valence-corrected chi connectivity index (χ2v) is 6.54. The van der Waals surface area contributed by atoms with Crippen molar-refractivity contribution < 1.29 is 18.7 Å². The van der Waals surface area contributed by atoms with Crippen LogP contribution in [-0.4, -0.2) is 19.1 Å². The van der Waals surface area contributed by atoms with Gasteiger partial charge in [0.25, 0.3) is 5.91 Å². The van der Waals surface area contributed by atoms with Crippen molar-refractivity contribution in [2.75, 3.05) is 23.4 Å². The van der Waals surface area contributed by atoms with Crippen LogP contribution in [0, 0.1) is 6.92 Å². The van der Waals surface area contributed by atoms with Gasteiger partial charge in [0, 0.05) is 11.8 Å². The first-order valence-corrected chi connectivity index (χ1v) is 8.86. The van der Waals surface area contributed by atoms with E-state index in [0.717, 1.165) is 11.4 Å². The lowest BCUT2D eigenvalue weighted by Gasteiger charge is -2.37. The Bertz CT molecular complexity index is 1030. The van der Waals surface area contributed by atoms with Gasteiger partial charge in [0.1, 0.15) is 24.7 Å². The van der Waals surface area contributed by atoms with Crippen LogP contribution in [0.2, 0.25) is 0 Å². The van der Waals surface area contributed by atoms with E-state index in [1.165, 1.54) is 0 Å². The van der Waals surface area contributed by atoms with Gasteiger partial charge in [0.05, 0.1) is 11.3 Å². The topological polar surface area (TPSA) is 63.9 Å². The predicted octanol–water partition coefficient (Wildman–Crippen LogP) is 4.13. The van der Waals surface area contributed by atoms with E-state index in [1.807, 2.05) is 61.5 Å². The molecule has 3 aromatic rings. The van der Waals surface area contributed by atoms with E-state index in [1.54, 1.807) is 4.90 Å². The van der Waals surface area contributed by atoms with E-state index in [-0.39, 0.29) is 5.91 Å². The maximum atomic E-state index is 13.3. The minimum Gasteiger partial charge on any atom is -0.486 e. The molecule has 0 unspecified atom stereocenters. The molecule has 0 saturated heterocycles. The molecule has 2 aromatic carbocycles. The summed E-state index contributed by atoms with van der Waals surface area (Å²) in [5.41, 5.74) is 2.12. The first kappa shape index (κ1) is 15.8. The maximum Gasteiger partial charge on any atom is 0.262 e. The van der Waals surface area contributed by atoms with Crippen molar-refractivity contribution >= 4 is 17.3 Å². The molecule has 2 aliphatic heterocycles. The second-order valence-electron chi connectivity index (χ2n) is 6.54. The van der Waals surface area contributed by atoms with Crippen LogP contribution in [0.3, 0.4) is 0 Å². The number of amides is 1. The van der Waals surface area contributed by atoms with Crippen LogP contribution in [0.15, 0.2) is 59.0 Å². The number of hydrogen-bond acceptors (Lipinski definition) is 5. The largest absolute Gasteiger partial charge is 0.486 e. The number of rotatable bonds is 2. The van der Waals surface area contributed by atoms with Gasteiger partial charge in [-0.05, 0) is 43.3 Å². The first-order valence-electron chi connectivity index (χ1n) is 8.86. The van der Waals surface area contributed by atoms with E-state index < -0.39 is 6.17 Å². The van der Waals surface area contributed by atoms with Gasteiger partial charge in [-0.2, -0.15) is 0 Å². The zero-order valence-corrected chi connectivity index (χ0v) is 14.8. The quantitative estimate of drug-likeness (QED) is 0.743. The van der Waals surface area contributed by atoms with Crippen LogP contribution in [0.25, 0.3) is 0 Å². The molecule has 27 heavy (non-hydrogen) atoms. The average molecular weight is 362 g/mol. The summed E-state index contributed by atoms with van der Waals surface area (Å²) in [7, 11) is 0. The second kappa shape index (κ2) is 6.09. The SMILES string of the molecule is Cc1ccc([C@@H]2Nc3ccccc3C(=O)N2c2ccc3c(c2)OCCO3)o1. The molecule has 0 bridgehead atoms. The number of furan rings is 1. The zero-order valence-electron chi connectivity index (χ0n) is 14.8. The summed E-state index contributed by atoms with van der Waals surface area (Å²) in [5.74, 6) is 2.69. The monoisotopic (exact) mass is 362 g/mol. The molecule has 2 aliphatic rings. The number of fused-ring (bicyclic) bond motifs is 2. The van der Waals surface area contributed by atoms with Gasteiger partial charge < -0.3 is 19.2 Å². The van der Waals surface area contributed by atoms with Crippen molar-refractivity contribution in [3.05, 3.63) is 71.7 Å². The molecule has 1 amide bonds. The molecule has 0 radical (unpaired) electrons. The van der Waals surface area contributed by atoms with Gasteiger partial charge in [-0.3, -0.25) is 9.69 Å². The number of nitrogens with one attached hydrogen (secondary N) is 1. The number of anilines is 2. The molecule has 136 valence electrons. The number of carbonyl (C=O) groups is 1. The zero-order chi connectivity index (χ0) is 18.4. The third-order valence-electron chi connectivity index (χ3n) is 4.76. The lowest BCUT2D eigenvalue weighted by Crippen LogP contribution is -2.43. The van der Waals surface area contributed by atoms with E-state index in [2.05, 4.69) is 5.32 Å². The average Bonchev–Trinajstić information content (AvgIpc) is 3.14. The molecule has 0 aliphatic carbocycles. The molecule has 0 spiro atoms. The minimum atomic E-state index is -0.455. The van der Waals surface area contributed by atoms with Crippen LogP contribution >= 0.6 is 0 Å². The third-order valence-corrected chi connectivity index (χ3v) is 4.76. The number of aryl methyl sites for hydroxylation is 1. The highest BCUT2D eigenvalue weighted by atomic mass is 16.6. The van der Waals surface area contributed by atoms with Crippen molar-refractivity contribution in [1.82, 2.24) is 0 Å². The normalized spacial score (nSPS) is 18.0. The molecule has 3 heterocycles. The molecule has 6 nitrogen and oxygen atoms in total. The summed E-state index contributed by atoms with van der Waals surface area (Å²) < 4.78 is 17.1. The number of benzene rings is 2. The fourth-order valence-corrected chi connectivity index (χ4v) is 3.50. The maximum absolute atomic E-state index is 13.3. The van der Waals surface area contributed by atoms with Crippen LogP contribution in [0.5, 0.6) is 11.5 Å². The minimum absolute atomic E-state index is 0.0971. The fourth-order valence-electron chi connectivity index (χ4n) is 3.50. The molecular formula is C21H18N2O4. The molecule has 0 saturated carbocycles. The van der Waals surface area contributed by atoms with Crippen molar-refractivity contribution in [3.63, 3.8) is 0 Å². The number of hydrogen-bond donors (Lipinski definition) is 1. The lowest BCUT2D eigenvalue weighted by molar-refractivity contribution is 0.0971. The summed E-state index contributed by atoms with van der Waals surface area (Å²) in [6.45, 7) is 2.90. The van der Waals surface area contributed by atoms with Crippen LogP contribution in [0.4, 0.5) is 11.4 Å². The van der Waals surface area contributed by atoms with Gasteiger partial charge in [0.2, 0.25) is 0 Å². The Hall–Kier alpha value is -3.41. The Morgan fingerprint density at radius 3 is 2.63 bits per heavy atom. The molecule has 1 N–H and O–H groups in total. The summed E-state index contributed by atoms with van der Waals surface area (Å²) in [4.78, 5) is 15.0. The highest BCUT2D eigenvalue weighted by Crippen LogP contribution is 2.40. The summed E-state index contributed by atoms with van der Waals surface area (Å²) in [6.07, 6.45) is -0.455. The Kier molecular flexibility index (Phi) is 3.57. The fraction of sp³-hybridized carbons (Fsp3) is 0.190. The van der Waals surface area contributed by atoms with E-state index in [9.17, 15) is 4.79 Å². The van der Waals surface area contributed by atoms with Crippen molar-refractivity contribution in [3.8, 4) is 11.5 Å². The first-order chi connectivity index (χ1) is 13.2. The van der Waals surface area contributed by atoms with Crippen LogP contribution in [0.1, 0.15) is 28.0 Å². The number of para-hydroxylation sites is 1. The molecule has 5 rings (SSSR count). The lowest BCUT2D eigenvalue weighted by atomic mass is 10.1. The highest BCUT2D eigenvalue weighted by molar-refractivity contribution is 6.12. The highest BCUT2D eigenvalue weighted by Gasteiger charge is 2.36. The number of nitrogens with zero attached hydrogens (tertiary/aromatic N) is 1. The molecular weight excluding hydrogens is 344 g/mol. The van der Waals surface area contributed by atoms with Crippen LogP contribution < -0.4 is 19.7 Å². The smallest absolute Gasteiger partial charge is 0.262 e. The standard InChI is InChI=1S/C21H18N2O4/c1-13-6-8-18(27-13)20-22-16-5-3-2-4-15(16)21(24)23(20)14-7-9-17-19(12-14)26-11-10-25-17/h2-9,12,20,22H,10-11H2,1H3/t20-/m1/s1. The molecule has 0 fully saturated rings. The Balaban J connectivity index is 1.63. The van der Waals surface area contributed by atoms with Gasteiger partial charge >= 0.3 is 0 Å². The summed E-state index contributed by atoms with van der Waals surface area (Å²) in [6, 6.07) is 16.8. The summed E-state index contributed by atoms with van der Waals surface area (Å²) >= 11 is 0. The predicted molar refractivity (Wildman–Crippen MR) is 100 cm³/mol. The molecule has 1 aromatic heterocycles. The van der Waals surface area contributed by atoms with Crippen molar-refractivity contribution in [2.24, 2.45) is 0 Å². The number of ether oxygens (including phenoxy) is 2. The van der Waals surface area contributed by atoms with E-state index in [4.69, 9.17) is 13.9 Å². The summed E-state index contributed by atoms with van der Waals surface area (Å²) in [5, 5.41) is 3.42. The van der Waals surface area contributed by atoms with Gasteiger partial charge in [-0.15, -0.1) is 0 Å². The van der Waals surface area contributed by atoms with E-state index >= 15 is 0 Å². The van der Waals surface area contributed by atoms with Gasteiger partial charge in [-0.25, -0.2) is 0 Å². The van der Waals surface area contributed by atoms with Crippen molar-refractivity contribution in [2.45, 2.75) is 13.1 Å². The Morgan fingerprint density at radius 2 is 1.81 bits per heavy atom. The van der Waals surface area contributed by atoms with E-state index in [0.29, 0.717) is 41.7 Å². The van der Waals surface area contributed by atoms with Gasteiger partial charge in [-0.1, -0.05) is 12.1 Å².